The van der Waals surface area contributed by atoms with Crippen molar-refractivity contribution in [3.05, 3.63) is 29.8 Å². The molecule has 0 radical (unpaired) electrons. The van der Waals surface area contributed by atoms with Gasteiger partial charge in [-0.05, 0) is 38.0 Å². The summed E-state index contributed by atoms with van der Waals surface area (Å²) in [6.45, 7) is 6.02. The van der Waals surface area contributed by atoms with Gasteiger partial charge >= 0.3 is 0 Å². The summed E-state index contributed by atoms with van der Waals surface area (Å²) in [5, 5.41) is 1.91. The lowest BCUT2D eigenvalue weighted by atomic mass is 10.1. The summed E-state index contributed by atoms with van der Waals surface area (Å²) in [6, 6.07) is 6.37. The molecule has 2 saturated heterocycles. The third-order valence-electron chi connectivity index (χ3n) is 5.32. The minimum atomic E-state index is -3.57. The summed E-state index contributed by atoms with van der Waals surface area (Å²) in [5.74, 6) is -0.256. The van der Waals surface area contributed by atoms with Gasteiger partial charge in [0.25, 0.3) is 5.91 Å². The van der Waals surface area contributed by atoms with Crippen molar-refractivity contribution in [2.45, 2.75) is 37.1 Å². The van der Waals surface area contributed by atoms with Crippen molar-refractivity contribution in [3.8, 4) is 0 Å². The largest absolute Gasteiger partial charge is 0.335 e. The number of benzene rings is 1. The maximum atomic E-state index is 13.0. The highest BCUT2D eigenvalue weighted by Gasteiger charge is 2.31. The lowest BCUT2D eigenvalue weighted by Crippen LogP contribution is -3.12. The zero-order chi connectivity index (χ0) is 18.7. The van der Waals surface area contributed by atoms with Gasteiger partial charge in [-0.25, -0.2) is 13.4 Å². The summed E-state index contributed by atoms with van der Waals surface area (Å²) in [5.41, 5.74) is 3.27. The van der Waals surface area contributed by atoms with Crippen molar-refractivity contribution in [3.63, 3.8) is 0 Å². The van der Waals surface area contributed by atoms with Crippen LogP contribution in [0.4, 0.5) is 0 Å². The first-order valence-electron chi connectivity index (χ1n) is 9.37. The molecular weight excluding hydrogens is 352 g/mol. The van der Waals surface area contributed by atoms with Crippen LogP contribution in [-0.4, -0.2) is 69.5 Å². The van der Waals surface area contributed by atoms with Crippen molar-refractivity contribution >= 4 is 15.9 Å². The summed E-state index contributed by atoms with van der Waals surface area (Å²) >= 11 is 0. The Hall–Kier alpha value is -1.48. The van der Waals surface area contributed by atoms with E-state index in [2.05, 4.69) is 12.5 Å². The topological polar surface area (TPSA) is 74.2 Å². The summed E-state index contributed by atoms with van der Waals surface area (Å²) in [4.78, 5) is 14.2. The number of likely N-dealkylation sites (N-methyl/N-ethyl adjacent to an activating group) is 1. The average Bonchev–Trinajstić information content (AvgIpc) is 2.64. The fraction of sp³-hybridized carbons (Fsp3) is 0.611. The Labute approximate surface area is 156 Å². The SMILES string of the molecule is C[C@H]1CCCCN1S(=O)(=O)c1cccc(C(=O)NN2CC[NH+](C)CC2)c1. The first-order valence-corrected chi connectivity index (χ1v) is 10.8. The molecule has 1 aromatic rings. The molecule has 8 heteroatoms. The third kappa shape index (κ3) is 4.25. The molecular formula is C18H29N4O3S+. The van der Waals surface area contributed by atoms with E-state index in [1.54, 1.807) is 22.5 Å². The second kappa shape index (κ2) is 8.04. The van der Waals surface area contributed by atoms with Gasteiger partial charge in [-0.3, -0.25) is 10.2 Å². The normalized spacial score (nSPS) is 23.7. The second-order valence-corrected chi connectivity index (χ2v) is 9.26. The van der Waals surface area contributed by atoms with E-state index in [4.69, 9.17) is 0 Å². The van der Waals surface area contributed by atoms with Crippen LogP contribution in [0.1, 0.15) is 36.5 Å². The standard InChI is InChI=1S/C18H28N4O3S/c1-15-6-3-4-9-22(15)26(24,25)17-8-5-7-16(14-17)18(23)19-21-12-10-20(2)11-13-21/h5,7-8,14-15H,3-4,6,9-13H2,1-2H3,(H,19,23)/p+1/t15-/m0/s1. The number of piperazine rings is 1. The van der Waals surface area contributed by atoms with E-state index in [0.29, 0.717) is 12.1 Å². The van der Waals surface area contributed by atoms with Crippen molar-refractivity contribution < 1.29 is 18.1 Å². The van der Waals surface area contributed by atoms with E-state index in [-0.39, 0.29) is 16.8 Å². The number of hydrogen-bond acceptors (Lipinski definition) is 4. The van der Waals surface area contributed by atoms with E-state index in [9.17, 15) is 13.2 Å². The molecule has 7 nitrogen and oxygen atoms in total. The van der Waals surface area contributed by atoms with Gasteiger partial charge in [0.1, 0.15) is 0 Å². The summed E-state index contributed by atoms with van der Waals surface area (Å²) in [6.07, 6.45) is 2.82. The fourth-order valence-corrected chi connectivity index (χ4v) is 5.32. The van der Waals surface area contributed by atoms with Gasteiger partial charge in [0.05, 0.1) is 38.1 Å². The molecule has 0 aromatic heterocycles. The zero-order valence-electron chi connectivity index (χ0n) is 15.6. The summed E-state index contributed by atoms with van der Waals surface area (Å²) < 4.78 is 27.5. The highest BCUT2D eigenvalue weighted by molar-refractivity contribution is 7.89. The first kappa shape index (κ1) is 19.3. The number of piperidine rings is 1. The lowest BCUT2D eigenvalue weighted by Gasteiger charge is -2.32. The number of rotatable bonds is 4. The number of carbonyl (C=O) groups excluding carboxylic acids is 1. The van der Waals surface area contributed by atoms with Crippen LogP contribution in [0.3, 0.4) is 0 Å². The molecule has 1 aromatic carbocycles. The molecule has 2 aliphatic rings. The van der Waals surface area contributed by atoms with Gasteiger partial charge in [0.2, 0.25) is 10.0 Å². The average molecular weight is 382 g/mol. The monoisotopic (exact) mass is 381 g/mol. The number of carbonyl (C=O) groups is 1. The number of nitrogens with zero attached hydrogens (tertiary/aromatic N) is 2. The van der Waals surface area contributed by atoms with Gasteiger partial charge < -0.3 is 4.90 Å². The predicted molar refractivity (Wildman–Crippen MR) is 99.3 cm³/mol. The van der Waals surface area contributed by atoms with Crippen LogP contribution in [0.15, 0.2) is 29.2 Å². The smallest absolute Gasteiger partial charge is 0.265 e. The number of hydrazine groups is 1. The minimum Gasteiger partial charge on any atom is -0.335 e. The molecule has 2 fully saturated rings. The van der Waals surface area contributed by atoms with E-state index in [1.807, 2.05) is 11.9 Å². The quantitative estimate of drug-likeness (QED) is 0.753. The molecule has 0 spiro atoms. The Morgan fingerprint density at radius 3 is 2.62 bits per heavy atom. The van der Waals surface area contributed by atoms with Crippen LogP contribution in [0.2, 0.25) is 0 Å². The van der Waals surface area contributed by atoms with E-state index in [1.165, 1.54) is 11.0 Å². The number of quaternary nitrogens is 1. The van der Waals surface area contributed by atoms with Gasteiger partial charge in [0, 0.05) is 18.2 Å². The molecule has 3 rings (SSSR count). The van der Waals surface area contributed by atoms with Crippen LogP contribution >= 0.6 is 0 Å². The highest BCUT2D eigenvalue weighted by Crippen LogP contribution is 2.25. The van der Waals surface area contributed by atoms with Crippen molar-refractivity contribution in [1.29, 1.82) is 0 Å². The Kier molecular flexibility index (Phi) is 5.96. The van der Waals surface area contributed by atoms with Crippen LogP contribution in [0.25, 0.3) is 0 Å². The van der Waals surface area contributed by atoms with E-state index >= 15 is 0 Å². The Bertz CT molecular complexity index is 745. The first-order chi connectivity index (χ1) is 12.4. The van der Waals surface area contributed by atoms with Crippen LogP contribution in [0, 0.1) is 0 Å². The highest BCUT2D eigenvalue weighted by atomic mass is 32.2. The zero-order valence-corrected chi connectivity index (χ0v) is 16.4. The molecule has 1 atom stereocenters. The van der Waals surface area contributed by atoms with Crippen LogP contribution in [-0.2, 0) is 10.0 Å². The molecule has 0 bridgehead atoms. The van der Waals surface area contributed by atoms with E-state index in [0.717, 1.165) is 45.4 Å². The Morgan fingerprint density at radius 1 is 1.19 bits per heavy atom. The molecule has 0 unspecified atom stereocenters. The van der Waals surface area contributed by atoms with Gasteiger partial charge in [0.15, 0.2) is 0 Å². The van der Waals surface area contributed by atoms with Crippen molar-refractivity contribution in [1.82, 2.24) is 14.7 Å². The van der Waals surface area contributed by atoms with Gasteiger partial charge in [-0.2, -0.15) is 4.31 Å². The molecule has 0 aliphatic carbocycles. The third-order valence-corrected chi connectivity index (χ3v) is 7.33. The minimum absolute atomic E-state index is 0.000859. The molecule has 2 aliphatic heterocycles. The number of nitrogens with one attached hydrogen (secondary N) is 2. The van der Waals surface area contributed by atoms with Gasteiger partial charge in [-0.1, -0.05) is 12.5 Å². The van der Waals surface area contributed by atoms with Crippen LogP contribution < -0.4 is 10.3 Å². The number of amides is 1. The lowest BCUT2D eigenvalue weighted by molar-refractivity contribution is -0.884. The molecule has 144 valence electrons. The Balaban J connectivity index is 1.74. The molecule has 2 N–H and O–H groups in total. The number of hydrogen-bond donors (Lipinski definition) is 2. The molecule has 1 amide bonds. The molecule has 2 heterocycles. The maximum absolute atomic E-state index is 13.0. The second-order valence-electron chi connectivity index (χ2n) is 7.37. The molecule has 0 saturated carbocycles. The predicted octanol–water partition coefficient (Wildman–Crippen LogP) is -0.275. The molecule has 26 heavy (non-hydrogen) atoms. The van der Waals surface area contributed by atoms with Crippen molar-refractivity contribution in [2.75, 3.05) is 39.8 Å². The summed E-state index contributed by atoms with van der Waals surface area (Å²) in [7, 11) is -1.44. The van der Waals surface area contributed by atoms with E-state index < -0.39 is 10.0 Å². The van der Waals surface area contributed by atoms with Crippen molar-refractivity contribution in [2.24, 2.45) is 0 Å². The van der Waals surface area contributed by atoms with Crippen LogP contribution in [0.5, 0.6) is 0 Å². The maximum Gasteiger partial charge on any atom is 0.265 e. The fourth-order valence-electron chi connectivity index (χ4n) is 3.57. The number of sulfonamides is 1. The van der Waals surface area contributed by atoms with Gasteiger partial charge in [-0.15, -0.1) is 0 Å². The Morgan fingerprint density at radius 2 is 1.92 bits per heavy atom.